The van der Waals surface area contributed by atoms with Gasteiger partial charge in [0.2, 0.25) is 13.4 Å². The zero-order valence-corrected chi connectivity index (χ0v) is 57.7. The van der Waals surface area contributed by atoms with Crippen LogP contribution in [0, 0.1) is 12.1 Å². The molecule has 0 fully saturated rings. The van der Waals surface area contributed by atoms with Crippen LogP contribution in [-0.2, 0) is 42.7 Å². The molecular weight excluding hydrogens is 1310 g/mol. The molecule has 93 heavy (non-hydrogen) atoms. The van der Waals surface area contributed by atoms with Crippen LogP contribution in [0.15, 0.2) is 255 Å². The first-order valence-electron chi connectivity index (χ1n) is 32.2. The van der Waals surface area contributed by atoms with Crippen LogP contribution in [0.2, 0.25) is 0 Å². The van der Waals surface area contributed by atoms with Crippen molar-refractivity contribution in [2.45, 2.75) is 105 Å². The number of pyridine rings is 4. The first kappa shape index (κ1) is 63.9. The van der Waals surface area contributed by atoms with Crippen molar-refractivity contribution in [1.29, 1.82) is 0 Å². The Hall–Kier alpha value is -9.22. The predicted molar refractivity (Wildman–Crippen MR) is 390 cm³/mol. The number of benzene rings is 8. The Morgan fingerprint density at radius 3 is 1.24 bits per heavy atom. The molecule has 6 heterocycles. The van der Waals surface area contributed by atoms with Gasteiger partial charge in [0.05, 0.1) is 11.4 Å². The van der Waals surface area contributed by atoms with E-state index in [0.717, 1.165) is 78.7 Å². The van der Waals surface area contributed by atoms with E-state index in [1.807, 2.05) is 24.8 Å². The Balaban J connectivity index is 0.000000177. The summed E-state index contributed by atoms with van der Waals surface area (Å²) in [5.41, 5.74) is 27.4. The molecule has 0 radical (unpaired) electrons. The van der Waals surface area contributed by atoms with Gasteiger partial charge in [-0.1, -0.05) is 210 Å². The van der Waals surface area contributed by atoms with Crippen LogP contribution in [-0.4, -0.2) is 33.4 Å². The van der Waals surface area contributed by atoms with Gasteiger partial charge in [-0.15, -0.1) is 59.1 Å². The third-order valence-electron chi connectivity index (χ3n) is 18.1. The van der Waals surface area contributed by atoms with E-state index in [0.29, 0.717) is 0 Å². The van der Waals surface area contributed by atoms with Crippen molar-refractivity contribution in [3.8, 4) is 45.0 Å². The van der Waals surface area contributed by atoms with Crippen molar-refractivity contribution in [3.05, 3.63) is 290 Å². The molecule has 0 N–H and O–H groups in total. The number of aromatic nitrogens is 4. The molecule has 2 aliphatic rings. The summed E-state index contributed by atoms with van der Waals surface area (Å²) in [6, 6.07) is 90.6. The van der Waals surface area contributed by atoms with Gasteiger partial charge in [-0.25, -0.2) is 0 Å². The average molecular weight is 1390 g/mol. The molecule has 4 aromatic heterocycles. The molecule has 0 atom stereocenters. The maximum absolute atomic E-state index is 4.85. The quantitative estimate of drug-likeness (QED) is 0.112. The minimum Gasteiger partial charge on any atom is -0.353 e. The van der Waals surface area contributed by atoms with Crippen molar-refractivity contribution in [2.24, 2.45) is 0 Å². The monoisotopic (exact) mass is 1390 g/mol. The van der Waals surface area contributed by atoms with Gasteiger partial charge in [-0.3, -0.25) is 9.97 Å². The van der Waals surface area contributed by atoms with E-state index >= 15 is 0 Å². The SMILES string of the molecule is CC(C)(C)c1ccnc(-c2[c-]c(B3c4[c-]c(-c5cc(C(C)(C)C)ccn5)ccc4N(c4ccccc4)c4ccccc43)ccc2)c1.CC(C)(C)c1ccnc(-c2cccc(B3c4ccccc4N(c4ccccc4)c4ccc(-c5cc(C(C)(C)C)ccn5)cc43)c2)c1.[Pt+2]. The van der Waals surface area contributed by atoms with E-state index < -0.39 is 0 Å². The fourth-order valence-corrected chi connectivity index (χ4v) is 12.9. The molecule has 0 saturated heterocycles. The van der Waals surface area contributed by atoms with Crippen LogP contribution in [0.4, 0.5) is 34.1 Å². The Morgan fingerprint density at radius 2 is 0.720 bits per heavy atom. The summed E-state index contributed by atoms with van der Waals surface area (Å²) >= 11 is 0. The van der Waals surface area contributed by atoms with Gasteiger partial charge in [0.15, 0.2) is 0 Å². The third kappa shape index (κ3) is 13.1. The number of anilines is 6. The summed E-state index contributed by atoms with van der Waals surface area (Å²) in [7, 11) is 0. The third-order valence-corrected chi connectivity index (χ3v) is 18.1. The molecular formula is C84H78B2N6Pt. The second-order valence-electron chi connectivity index (χ2n) is 28.6. The van der Waals surface area contributed by atoms with E-state index in [-0.39, 0.29) is 56.2 Å². The molecule has 0 spiro atoms. The van der Waals surface area contributed by atoms with Gasteiger partial charge in [-0.05, 0) is 167 Å². The minimum absolute atomic E-state index is 0. The second kappa shape index (κ2) is 25.7. The minimum atomic E-state index is -0.0809. The molecule has 12 aromatic rings. The molecule has 6 nitrogen and oxygen atoms in total. The van der Waals surface area contributed by atoms with Crippen molar-refractivity contribution in [1.82, 2.24) is 19.9 Å². The van der Waals surface area contributed by atoms with Gasteiger partial charge >= 0.3 is 21.1 Å². The van der Waals surface area contributed by atoms with Crippen LogP contribution in [0.1, 0.15) is 105 Å². The predicted octanol–water partition coefficient (Wildman–Crippen LogP) is 17.0. The van der Waals surface area contributed by atoms with Crippen molar-refractivity contribution >= 4 is 80.3 Å². The van der Waals surface area contributed by atoms with Crippen molar-refractivity contribution in [2.75, 3.05) is 9.80 Å². The maximum Gasteiger partial charge on any atom is 2.00 e. The largest absolute Gasteiger partial charge is 2.00 e. The number of hydrogen-bond acceptors (Lipinski definition) is 6. The van der Waals surface area contributed by atoms with Crippen molar-refractivity contribution < 1.29 is 21.1 Å². The fraction of sp³-hybridized carbons (Fsp3) is 0.190. The van der Waals surface area contributed by atoms with Gasteiger partial charge in [0, 0.05) is 53.2 Å². The van der Waals surface area contributed by atoms with Crippen LogP contribution in [0.5, 0.6) is 0 Å². The van der Waals surface area contributed by atoms with Crippen LogP contribution < -0.4 is 42.6 Å². The van der Waals surface area contributed by atoms with Gasteiger partial charge in [0.1, 0.15) is 0 Å². The summed E-state index contributed by atoms with van der Waals surface area (Å²) in [4.78, 5) is 24.0. The normalized spacial score (nSPS) is 12.8. The van der Waals surface area contributed by atoms with Gasteiger partial charge in [-0.2, -0.15) is 5.46 Å². The summed E-state index contributed by atoms with van der Waals surface area (Å²) in [6.07, 6.45) is 7.72. The maximum atomic E-state index is 4.85. The topological polar surface area (TPSA) is 58.0 Å². The first-order chi connectivity index (χ1) is 44.2. The molecule has 2 aliphatic heterocycles. The second-order valence-corrected chi connectivity index (χ2v) is 28.6. The van der Waals surface area contributed by atoms with E-state index in [1.54, 1.807) is 0 Å². The van der Waals surface area contributed by atoms with Gasteiger partial charge in [0.25, 0.3) is 0 Å². The molecule has 14 rings (SSSR count). The van der Waals surface area contributed by atoms with Crippen LogP contribution in [0.3, 0.4) is 0 Å². The molecule has 0 unspecified atom stereocenters. The van der Waals surface area contributed by atoms with Crippen molar-refractivity contribution in [3.63, 3.8) is 0 Å². The average Bonchev–Trinajstić information content (AvgIpc) is 0.770. The molecule has 9 heteroatoms. The summed E-state index contributed by atoms with van der Waals surface area (Å²) in [5.74, 6) is 0. The Bertz CT molecular complexity index is 4380. The fourth-order valence-electron chi connectivity index (χ4n) is 12.9. The molecule has 460 valence electrons. The number of hydrogen-bond donors (Lipinski definition) is 0. The Labute approximate surface area is 566 Å². The van der Waals surface area contributed by atoms with Crippen LogP contribution >= 0.6 is 0 Å². The van der Waals surface area contributed by atoms with E-state index in [1.165, 1.54) is 55.5 Å². The molecule has 0 bridgehead atoms. The summed E-state index contributed by atoms with van der Waals surface area (Å²) < 4.78 is 0. The zero-order valence-electron chi connectivity index (χ0n) is 55.4. The molecule has 0 aliphatic carbocycles. The van der Waals surface area contributed by atoms with E-state index in [4.69, 9.17) is 19.9 Å². The Kier molecular flexibility index (Phi) is 17.7. The molecule has 0 saturated carbocycles. The number of nitrogens with zero attached hydrogens (tertiary/aromatic N) is 6. The number of rotatable bonds is 8. The summed E-state index contributed by atoms with van der Waals surface area (Å²) in [5, 5.41) is 0. The molecule has 0 amide bonds. The molecule has 8 aromatic carbocycles. The van der Waals surface area contributed by atoms with Gasteiger partial charge < -0.3 is 19.8 Å². The summed E-state index contributed by atoms with van der Waals surface area (Å²) in [6.45, 7) is 26.9. The van der Waals surface area contributed by atoms with E-state index in [2.05, 4.69) is 336 Å². The smallest absolute Gasteiger partial charge is 0.353 e. The number of para-hydroxylation sites is 4. The van der Waals surface area contributed by atoms with E-state index in [9.17, 15) is 0 Å². The number of fused-ring (bicyclic) bond motifs is 4. The zero-order chi connectivity index (χ0) is 64.1. The Morgan fingerprint density at radius 1 is 0.312 bits per heavy atom. The van der Waals surface area contributed by atoms with Crippen LogP contribution in [0.25, 0.3) is 45.0 Å². The first-order valence-corrected chi connectivity index (χ1v) is 32.2. The standard InChI is InChI=1S/C42H40BN3.C42H38BN3.Pt/c2*1-41(2,3)31-21-23-44-37(27-31)29-13-12-14-33(25-29)43-35-17-10-11-18-39(35)46(34-15-8-7-9-16-34)40-20-19-30(26-36(40)43)38-28-32(22-24-45-38)42(4,5)6;/h7-28H,1-6H3;7-24,27-28H,1-6H3;/q;-2;+2.